The van der Waals surface area contributed by atoms with Crippen LogP contribution in [-0.2, 0) is 15.5 Å². The zero-order valence-corrected chi connectivity index (χ0v) is 13.5. The molecule has 0 saturated heterocycles. The van der Waals surface area contributed by atoms with E-state index in [-0.39, 0.29) is 0 Å². The average Bonchev–Trinajstić information content (AvgIpc) is 2.47. The molecule has 0 amide bonds. The van der Waals surface area contributed by atoms with Crippen LogP contribution in [0.3, 0.4) is 0 Å². The molecule has 0 bridgehead atoms. The standard InChI is InChI=1S/C15H22F3O2P/c1-4-21(5-2,6-3,20-14(19)15(16,17)18)12-13-10-8-7-9-11-13/h7-11H,4-6,12H2,1-3H3. The first-order chi connectivity index (χ1) is 9.70. The number of carbonyl (C=O) groups excluding carboxylic acids is 1. The number of halogens is 3. The van der Waals surface area contributed by atoms with E-state index in [4.69, 9.17) is 4.52 Å². The summed E-state index contributed by atoms with van der Waals surface area (Å²) in [7, 11) is 0. The maximum absolute atomic E-state index is 12.6. The zero-order chi connectivity index (χ0) is 16.2. The Hall–Kier alpha value is -1.09. The minimum absolute atomic E-state index is 0.401. The van der Waals surface area contributed by atoms with Crippen LogP contribution in [0.5, 0.6) is 0 Å². The first kappa shape index (κ1) is 18.0. The van der Waals surface area contributed by atoms with Crippen molar-refractivity contribution in [1.29, 1.82) is 0 Å². The van der Waals surface area contributed by atoms with Crippen LogP contribution in [0.2, 0.25) is 0 Å². The molecule has 0 heterocycles. The minimum atomic E-state index is -4.95. The molecule has 0 N–H and O–H groups in total. The van der Waals surface area contributed by atoms with Crippen molar-refractivity contribution in [2.75, 3.05) is 18.5 Å². The number of hydrogen-bond donors (Lipinski definition) is 0. The van der Waals surface area contributed by atoms with Crippen LogP contribution in [0, 0.1) is 0 Å². The number of hydrogen-bond acceptors (Lipinski definition) is 2. The van der Waals surface area contributed by atoms with Crippen LogP contribution in [0.1, 0.15) is 26.3 Å². The van der Waals surface area contributed by atoms with Crippen LogP contribution >= 0.6 is 6.83 Å². The van der Waals surface area contributed by atoms with Gasteiger partial charge >= 0.3 is 123 Å². The number of alkyl halides is 3. The van der Waals surface area contributed by atoms with Crippen LogP contribution in [0.4, 0.5) is 13.2 Å². The summed E-state index contributed by atoms with van der Waals surface area (Å²) in [6, 6.07) is 9.26. The molecule has 1 aromatic carbocycles. The van der Waals surface area contributed by atoms with Gasteiger partial charge in [0.2, 0.25) is 0 Å². The third-order valence-electron chi connectivity index (χ3n) is 4.40. The van der Waals surface area contributed by atoms with Gasteiger partial charge in [-0.05, 0) is 0 Å². The molecule has 0 aliphatic rings. The van der Waals surface area contributed by atoms with E-state index in [2.05, 4.69) is 0 Å². The second kappa shape index (κ2) is 6.35. The monoisotopic (exact) mass is 322 g/mol. The fourth-order valence-electron chi connectivity index (χ4n) is 2.56. The summed E-state index contributed by atoms with van der Waals surface area (Å²) in [5, 5.41) is 0. The molecule has 0 aromatic heterocycles. The second-order valence-electron chi connectivity index (χ2n) is 5.33. The summed E-state index contributed by atoms with van der Waals surface area (Å²) >= 11 is 0. The van der Waals surface area contributed by atoms with Crippen molar-refractivity contribution in [2.45, 2.75) is 33.1 Å². The number of rotatable bonds is 6. The van der Waals surface area contributed by atoms with Gasteiger partial charge in [-0.2, -0.15) is 0 Å². The number of carbonyl (C=O) groups is 1. The van der Waals surface area contributed by atoms with Gasteiger partial charge in [0.25, 0.3) is 0 Å². The Morgan fingerprint density at radius 1 is 1.05 bits per heavy atom. The fraction of sp³-hybridized carbons (Fsp3) is 0.533. The predicted octanol–water partition coefficient (Wildman–Crippen LogP) is 4.82. The van der Waals surface area contributed by atoms with E-state index in [0.717, 1.165) is 5.56 Å². The molecule has 1 aromatic rings. The first-order valence-electron chi connectivity index (χ1n) is 7.06. The molecule has 0 aliphatic heterocycles. The third-order valence-corrected chi connectivity index (χ3v) is 11.0. The Morgan fingerprint density at radius 3 is 1.90 bits per heavy atom. The van der Waals surface area contributed by atoms with Gasteiger partial charge < -0.3 is 0 Å². The molecule has 2 nitrogen and oxygen atoms in total. The molecule has 0 aliphatic carbocycles. The van der Waals surface area contributed by atoms with Crippen molar-refractivity contribution in [3.63, 3.8) is 0 Å². The van der Waals surface area contributed by atoms with Crippen molar-refractivity contribution >= 4 is 12.8 Å². The Balaban J connectivity index is 3.21. The molecule has 0 saturated carbocycles. The Morgan fingerprint density at radius 2 is 1.52 bits per heavy atom. The van der Waals surface area contributed by atoms with Gasteiger partial charge in [0, 0.05) is 0 Å². The van der Waals surface area contributed by atoms with Gasteiger partial charge in [0.15, 0.2) is 0 Å². The van der Waals surface area contributed by atoms with E-state index < -0.39 is 19.0 Å². The SMILES string of the molecule is CCP(CC)(CC)(Cc1ccccc1)OC(=O)C(F)(F)F. The Labute approximate surface area is 123 Å². The van der Waals surface area contributed by atoms with Crippen LogP contribution in [-0.4, -0.2) is 30.6 Å². The van der Waals surface area contributed by atoms with Gasteiger partial charge in [-0.25, -0.2) is 0 Å². The first-order valence-corrected chi connectivity index (χ1v) is 9.95. The molecular weight excluding hydrogens is 300 g/mol. The van der Waals surface area contributed by atoms with Gasteiger partial charge in [0.1, 0.15) is 0 Å². The summed E-state index contributed by atoms with van der Waals surface area (Å²) in [5.41, 5.74) is 0.913. The van der Waals surface area contributed by atoms with Crippen molar-refractivity contribution in [1.82, 2.24) is 0 Å². The molecule has 0 unspecified atom stereocenters. The molecule has 1 rings (SSSR count). The van der Waals surface area contributed by atoms with E-state index in [1.165, 1.54) is 0 Å². The summed E-state index contributed by atoms with van der Waals surface area (Å²) in [5.74, 6) is -2.05. The summed E-state index contributed by atoms with van der Waals surface area (Å²) in [6.45, 7) is 2.21. The molecule has 6 heteroatoms. The maximum atomic E-state index is 12.6. The summed E-state index contributed by atoms with van der Waals surface area (Å²) in [4.78, 5) is 11.4. The van der Waals surface area contributed by atoms with Gasteiger partial charge in [-0.15, -0.1) is 0 Å². The van der Waals surface area contributed by atoms with E-state index in [0.29, 0.717) is 24.6 Å². The predicted molar refractivity (Wildman–Crippen MR) is 80.8 cm³/mol. The second-order valence-corrected chi connectivity index (χ2v) is 11.4. The molecule has 120 valence electrons. The fourth-order valence-corrected chi connectivity index (χ4v) is 6.73. The van der Waals surface area contributed by atoms with Crippen molar-refractivity contribution in [3.05, 3.63) is 35.9 Å². The molecule has 0 radical (unpaired) electrons. The van der Waals surface area contributed by atoms with Gasteiger partial charge in [-0.1, -0.05) is 0 Å². The summed E-state index contributed by atoms with van der Waals surface area (Å²) in [6.07, 6.45) is -3.18. The van der Waals surface area contributed by atoms with Crippen LogP contribution in [0.15, 0.2) is 30.3 Å². The zero-order valence-electron chi connectivity index (χ0n) is 12.6. The third kappa shape index (κ3) is 3.97. The summed E-state index contributed by atoms with van der Waals surface area (Å²) < 4.78 is 43.1. The number of benzene rings is 1. The Kier molecular flexibility index (Phi) is 5.43. The van der Waals surface area contributed by atoms with Gasteiger partial charge in [-0.3, -0.25) is 0 Å². The van der Waals surface area contributed by atoms with Crippen molar-refractivity contribution in [3.8, 4) is 0 Å². The van der Waals surface area contributed by atoms with Crippen LogP contribution in [0.25, 0.3) is 0 Å². The van der Waals surface area contributed by atoms with Gasteiger partial charge in [0.05, 0.1) is 0 Å². The van der Waals surface area contributed by atoms with Crippen LogP contribution < -0.4 is 0 Å². The molecule has 0 spiro atoms. The van der Waals surface area contributed by atoms with Crippen molar-refractivity contribution < 1.29 is 22.5 Å². The van der Waals surface area contributed by atoms with Crippen molar-refractivity contribution in [2.24, 2.45) is 0 Å². The Bertz CT molecular complexity index is 470. The van der Waals surface area contributed by atoms with E-state index >= 15 is 0 Å². The molecule has 0 fully saturated rings. The van der Waals surface area contributed by atoms with E-state index in [1.807, 2.05) is 51.1 Å². The molecule has 21 heavy (non-hydrogen) atoms. The average molecular weight is 322 g/mol. The topological polar surface area (TPSA) is 26.3 Å². The van der Waals surface area contributed by atoms with E-state index in [1.54, 1.807) is 0 Å². The molecule has 0 atom stereocenters. The normalized spacial score (nSPS) is 14.3. The molecular formula is C15H22F3O2P. The quantitative estimate of drug-likeness (QED) is 0.702. The van der Waals surface area contributed by atoms with E-state index in [9.17, 15) is 18.0 Å².